The van der Waals surface area contributed by atoms with Crippen LogP contribution in [0, 0.1) is 6.92 Å². The van der Waals surface area contributed by atoms with E-state index in [1.165, 1.54) is 0 Å². The second-order valence-corrected chi connectivity index (χ2v) is 6.56. The zero-order valence-electron chi connectivity index (χ0n) is 14.9. The molecule has 0 saturated heterocycles. The molecule has 138 valence electrons. The van der Waals surface area contributed by atoms with E-state index in [0.29, 0.717) is 19.6 Å². The molecule has 1 atom stereocenters. The van der Waals surface area contributed by atoms with Gasteiger partial charge in [-0.2, -0.15) is 0 Å². The number of carboxylic acid groups (broad SMARTS) is 1. The smallest absolute Gasteiger partial charge is 0.322 e. The van der Waals surface area contributed by atoms with Gasteiger partial charge in [-0.05, 0) is 25.1 Å². The van der Waals surface area contributed by atoms with Crippen molar-refractivity contribution in [1.82, 2.24) is 19.7 Å². The quantitative estimate of drug-likeness (QED) is 0.750. The van der Waals surface area contributed by atoms with Gasteiger partial charge in [0.2, 0.25) is 0 Å². The average Bonchev–Trinajstić information content (AvgIpc) is 3.03. The Labute approximate surface area is 156 Å². The highest BCUT2D eigenvalue weighted by molar-refractivity contribution is 5.73. The molecular formula is C20H20N4O3. The van der Waals surface area contributed by atoms with Crippen molar-refractivity contribution in [1.29, 1.82) is 0 Å². The van der Waals surface area contributed by atoms with Gasteiger partial charge < -0.3 is 14.4 Å². The summed E-state index contributed by atoms with van der Waals surface area (Å²) in [6.07, 6.45) is 0. The van der Waals surface area contributed by atoms with Crippen molar-refractivity contribution in [3.05, 3.63) is 71.8 Å². The SMILES string of the molecule is Cc1nnc2n1CC(C(=O)O)N(Cc1ccccc1Oc1ccccc1)C2. The summed E-state index contributed by atoms with van der Waals surface area (Å²) >= 11 is 0. The number of carbonyl (C=O) groups is 1. The molecule has 0 radical (unpaired) electrons. The Hall–Kier alpha value is -3.19. The first-order valence-electron chi connectivity index (χ1n) is 8.78. The second kappa shape index (κ2) is 7.20. The monoisotopic (exact) mass is 364 g/mol. The number of hydrogen-bond acceptors (Lipinski definition) is 5. The lowest BCUT2D eigenvalue weighted by Gasteiger charge is -2.33. The van der Waals surface area contributed by atoms with Crippen LogP contribution < -0.4 is 4.74 Å². The van der Waals surface area contributed by atoms with Crippen molar-refractivity contribution in [3.63, 3.8) is 0 Å². The standard InChI is InChI=1S/C20H20N4O3/c1-14-21-22-19-13-23(17(20(25)26)12-24(14)19)11-15-7-5-6-10-18(15)27-16-8-3-2-4-9-16/h2-10,17H,11-13H2,1H3,(H,25,26). The molecule has 1 unspecified atom stereocenters. The van der Waals surface area contributed by atoms with E-state index >= 15 is 0 Å². The van der Waals surface area contributed by atoms with Crippen molar-refractivity contribution in [2.75, 3.05) is 0 Å². The van der Waals surface area contributed by atoms with Gasteiger partial charge >= 0.3 is 5.97 Å². The maximum atomic E-state index is 11.8. The lowest BCUT2D eigenvalue weighted by atomic mass is 10.1. The van der Waals surface area contributed by atoms with Crippen LogP contribution in [0.15, 0.2) is 54.6 Å². The highest BCUT2D eigenvalue weighted by Gasteiger charge is 2.33. The molecule has 1 aromatic heterocycles. The molecule has 1 aliphatic rings. The van der Waals surface area contributed by atoms with E-state index in [9.17, 15) is 9.90 Å². The largest absolute Gasteiger partial charge is 0.480 e. The van der Waals surface area contributed by atoms with Crippen LogP contribution >= 0.6 is 0 Å². The molecule has 0 spiro atoms. The second-order valence-electron chi connectivity index (χ2n) is 6.56. The van der Waals surface area contributed by atoms with Crippen LogP contribution in [0.5, 0.6) is 11.5 Å². The third-order valence-corrected chi connectivity index (χ3v) is 4.76. The summed E-state index contributed by atoms with van der Waals surface area (Å²) in [6.45, 7) is 3.06. The van der Waals surface area contributed by atoms with Gasteiger partial charge in [-0.1, -0.05) is 36.4 Å². The van der Waals surface area contributed by atoms with Crippen molar-refractivity contribution in [2.24, 2.45) is 0 Å². The molecule has 7 nitrogen and oxygen atoms in total. The van der Waals surface area contributed by atoms with E-state index in [0.717, 1.165) is 28.7 Å². The van der Waals surface area contributed by atoms with Gasteiger partial charge in [0.15, 0.2) is 0 Å². The van der Waals surface area contributed by atoms with Crippen molar-refractivity contribution < 1.29 is 14.6 Å². The molecule has 0 fully saturated rings. The Morgan fingerprint density at radius 2 is 1.89 bits per heavy atom. The molecule has 2 heterocycles. The third-order valence-electron chi connectivity index (χ3n) is 4.76. The van der Waals surface area contributed by atoms with Gasteiger partial charge in [-0.3, -0.25) is 9.69 Å². The summed E-state index contributed by atoms with van der Waals surface area (Å²) in [5.74, 6) is 2.13. The number of fused-ring (bicyclic) bond motifs is 1. The number of rotatable bonds is 5. The zero-order valence-corrected chi connectivity index (χ0v) is 14.9. The maximum absolute atomic E-state index is 11.8. The molecule has 4 rings (SSSR count). The Balaban J connectivity index is 1.60. The van der Waals surface area contributed by atoms with E-state index in [-0.39, 0.29) is 0 Å². The lowest BCUT2D eigenvalue weighted by molar-refractivity contribution is -0.145. The number of carboxylic acids is 1. The van der Waals surface area contributed by atoms with Crippen molar-refractivity contribution in [3.8, 4) is 11.5 Å². The number of hydrogen-bond donors (Lipinski definition) is 1. The molecule has 7 heteroatoms. The summed E-state index contributed by atoms with van der Waals surface area (Å²) in [7, 11) is 0. The van der Waals surface area contributed by atoms with Crippen LogP contribution in [-0.4, -0.2) is 36.8 Å². The summed E-state index contributed by atoms with van der Waals surface area (Å²) in [4.78, 5) is 13.7. The Morgan fingerprint density at radius 3 is 2.67 bits per heavy atom. The number of benzene rings is 2. The topological polar surface area (TPSA) is 80.5 Å². The van der Waals surface area contributed by atoms with Crippen LogP contribution in [0.2, 0.25) is 0 Å². The Bertz CT molecular complexity index is 955. The van der Waals surface area contributed by atoms with E-state index < -0.39 is 12.0 Å². The van der Waals surface area contributed by atoms with Gasteiger partial charge in [0.1, 0.15) is 29.2 Å². The predicted octanol–water partition coefficient (Wildman–Crippen LogP) is 2.85. The lowest BCUT2D eigenvalue weighted by Crippen LogP contribution is -2.47. The fraction of sp³-hybridized carbons (Fsp3) is 0.250. The highest BCUT2D eigenvalue weighted by Crippen LogP contribution is 2.28. The molecular weight excluding hydrogens is 344 g/mol. The van der Waals surface area contributed by atoms with Gasteiger partial charge in [-0.15, -0.1) is 10.2 Å². The average molecular weight is 364 g/mol. The molecule has 0 bridgehead atoms. The number of aliphatic carboxylic acids is 1. The van der Waals surface area contributed by atoms with E-state index in [1.54, 1.807) is 0 Å². The van der Waals surface area contributed by atoms with Crippen LogP contribution in [0.3, 0.4) is 0 Å². The maximum Gasteiger partial charge on any atom is 0.322 e. The van der Waals surface area contributed by atoms with Gasteiger partial charge in [-0.25, -0.2) is 0 Å². The number of para-hydroxylation sites is 2. The number of aryl methyl sites for hydroxylation is 1. The third kappa shape index (κ3) is 3.54. The van der Waals surface area contributed by atoms with Crippen molar-refractivity contribution in [2.45, 2.75) is 32.6 Å². The first kappa shape index (κ1) is 17.2. The minimum atomic E-state index is -0.852. The molecule has 0 aliphatic carbocycles. The number of aromatic nitrogens is 3. The normalized spacial score (nSPS) is 16.7. The van der Waals surface area contributed by atoms with E-state index in [1.807, 2.05) is 71.0 Å². The molecule has 0 saturated carbocycles. The van der Waals surface area contributed by atoms with E-state index in [4.69, 9.17) is 4.74 Å². The zero-order chi connectivity index (χ0) is 18.8. The molecule has 27 heavy (non-hydrogen) atoms. The molecule has 2 aromatic carbocycles. The molecule has 1 aliphatic heterocycles. The van der Waals surface area contributed by atoms with Crippen LogP contribution in [0.4, 0.5) is 0 Å². The van der Waals surface area contributed by atoms with Gasteiger partial charge in [0, 0.05) is 12.1 Å². The minimum absolute atomic E-state index is 0.339. The first-order chi connectivity index (χ1) is 13.1. The summed E-state index contributed by atoms with van der Waals surface area (Å²) in [5.41, 5.74) is 0.928. The fourth-order valence-corrected chi connectivity index (χ4v) is 3.33. The summed E-state index contributed by atoms with van der Waals surface area (Å²) < 4.78 is 7.89. The Morgan fingerprint density at radius 1 is 1.15 bits per heavy atom. The first-order valence-corrected chi connectivity index (χ1v) is 8.78. The summed E-state index contributed by atoms with van der Waals surface area (Å²) in [5, 5.41) is 18.0. The molecule has 3 aromatic rings. The highest BCUT2D eigenvalue weighted by atomic mass is 16.5. The van der Waals surface area contributed by atoms with E-state index in [2.05, 4.69) is 10.2 Å². The van der Waals surface area contributed by atoms with Crippen LogP contribution in [0.25, 0.3) is 0 Å². The minimum Gasteiger partial charge on any atom is -0.480 e. The summed E-state index contributed by atoms with van der Waals surface area (Å²) in [6, 6.07) is 16.6. The molecule has 1 N–H and O–H groups in total. The van der Waals surface area contributed by atoms with Crippen molar-refractivity contribution >= 4 is 5.97 Å². The van der Waals surface area contributed by atoms with Crippen LogP contribution in [-0.2, 0) is 24.4 Å². The van der Waals surface area contributed by atoms with Gasteiger partial charge in [0.05, 0.1) is 13.1 Å². The van der Waals surface area contributed by atoms with Crippen LogP contribution in [0.1, 0.15) is 17.2 Å². The number of nitrogens with zero attached hydrogens (tertiary/aromatic N) is 4. The fourth-order valence-electron chi connectivity index (χ4n) is 3.33. The Kier molecular flexibility index (Phi) is 4.60. The number of ether oxygens (including phenoxy) is 1. The predicted molar refractivity (Wildman–Crippen MR) is 98.4 cm³/mol. The van der Waals surface area contributed by atoms with Gasteiger partial charge in [0.25, 0.3) is 0 Å². The molecule has 0 amide bonds.